The number of amides is 2. The molecule has 7 heteroatoms. The molecule has 2 saturated heterocycles. The summed E-state index contributed by atoms with van der Waals surface area (Å²) in [5.74, 6) is -0.329. The Bertz CT molecular complexity index is 696. The molecule has 3 aliphatic rings. The van der Waals surface area contributed by atoms with Crippen LogP contribution in [0, 0.1) is 17.2 Å². The Morgan fingerprint density at radius 1 is 1.09 bits per heavy atom. The van der Waals surface area contributed by atoms with E-state index in [1.54, 1.807) is 11.9 Å². The minimum Gasteiger partial charge on any atom is -0.378 e. The standard InChI is InChI=1S/C27H46N4O3/c1-3-4-5-6-8-11-23(20-25(32)30-16-18-34-19-17-30)26(33)29(2)27(21-28)14-15-31(22-27)24-12-9-7-10-13-24/h23-24H,3-20,22H2,1-2H3. The van der Waals surface area contributed by atoms with Crippen LogP contribution >= 0.6 is 0 Å². The van der Waals surface area contributed by atoms with Gasteiger partial charge in [0.15, 0.2) is 0 Å². The van der Waals surface area contributed by atoms with E-state index in [2.05, 4.69) is 17.9 Å². The Labute approximate surface area is 206 Å². The van der Waals surface area contributed by atoms with Gasteiger partial charge in [0.2, 0.25) is 11.8 Å². The number of carbonyl (C=O) groups excluding carboxylic acids is 2. The van der Waals surface area contributed by atoms with Crippen molar-refractivity contribution in [3.8, 4) is 6.07 Å². The van der Waals surface area contributed by atoms with Crippen molar-refractivity contribution in [3.63, 3.8) is 0 Å². The summed E-state index contributed by atoms with van der Waals surface area (Å²) in [5, 5.41) is 10.2. The van der Waals surface area contributed by atoms with Gasteiger partial charge in [0.25, 0.3) is 0 Å². The highest BCUT2D eigenvalue weighted by molar-refractivity contribution is 5.86. The second kappa shape index (κ2) is 13.4. The van der Waals surface area contributed by atoms with Crippen LogP contribution in [0.4, 0.5) is 0 Å². The van der Waals surface area contributed by atoms with Crippen molar-refractivity contribution in [2.45, 2.75) is 102 Å². The van der Waals surface area contributed by atoms with Crippen LogP contribution in [0.3, 0.4) is 0 Å². The highest BCUT2D eigenvalue weighted by Gasteiger charge is 2.47. The van der Waals surface area contributed by atoms with Gasteiger partial charge in [-0.1, -0.05) is 58.3 Å². The molecular formula is C27H46N4O3. The van der Waals surface area contributed by atoms with Crippen molar-refractivity contribution in [3.05, 3.63) is 0 Å². The first-order chi connectivity index (χ1) is 16.5. The van der Waals surface area contributed by atoms with Gasteiger partial charge in [-0.2, -0.15) is 5.26 Å². The topological polar surface area (TPSA) is 76.9 Å². The Morgan fingerprint density at radius 2 is 1.79 bits per heavy atom. The molecule has 0 bridgehead atoms. The first kappa shape index (κ1) is 26.9. The molecule has 0 aromatic heterocycles. The Balaban J connectivity index is 1.65. The number of hydrogen-bond donors (Lipinski definition) is 0. The number of carbonyl (C=O) groups is 2. The second-order valence-electron chi connectivity index (χ2n) is 10.7. The number of unbranched alkanes of at least 4 members (excludes halogenated alkanes) is 4. The average Bonchev–Trinajstić information content (AvgIpc) is 3.34. The summed E-state index contributed by atoms with van der Waals surface area (Å²) in [7, 11) is 1.80. The van der Waals surface area contributed by atoms with Gasteiger partial charge in [0, 0.05) is 51.6 Å². The molecule has 1 saturated carbocycles. The lowest BCUT2D eigenvalue weighted by atomic mass is 9.91. The van der Waals surface area contributed by atoms with Gasteiger partial charge < -0.3 is 14.5 Å². The molecule has 2 heterocycles. The largest absolute Gasteiger partial charge is 0.378 e. The normalized spacial score (nSPS) is 25.1. The lowest BCUT2D eigenvalue weighted by molar-refractivity contribution is -0.145. The third-order valence-corrected chi connectivity index (χ3v) is 8.34. The van der Waals surface area contributed by atoms with E-state index in [0.717, 1.165) is 25.8 Å². The van der Waals surface area contributed by atoms with Crippen LogP contribution in [0.25, 0.3) is 0 Å². The van der Waals surface area contributed by atoms with E-state index in [1.807, 2.05) is 4.90 Å². The van der Waals surface area contributed by atoms with Crippen molar-refractivity contribution >= 4 is 11.8 Å². The van der Waals surface area contributed by atoms with Crippen LogP contribution in [0.15, 0.2) is 0 Å². The predicted molar refractivity (Wildman–Crippen MR) is 133 cm³/mol. The number of likely N-dealkylation sites (tertiary alicyclic amines) is 1. The van der Waals surface area contributed by atoms with E-state index in [4.69, 9.17) is 4.74 Å². The second-order valence-corrected chi connectivity index (χ2v) is 10.7. The Kier molecular flexibility index (Phi) is 10.7. The van der Waals surface area contributed by atoms with Crippen LogP contribution in [-0.4, -0.2) is 84.5 Å². The molecule has 192 valence electrons. The molecule has 0 radical (unpaired) electrons. The molecule has 34 heavy (non-hydrogen) atoms. The van der Waals surface area contributed by atoms with Crippen LogP contribution in [-0.2, 0) is 14.3 Å². The first-order valence-corrected chi connectivity index (χ1v) is 13.8. The third kappa shape index (κ3) is 6.95. The minimum absolute atomic E-state index is 0.0239. The fraction of sp³-hybridized carbons (Fsp3) is 0.889. The molecular weight excluding hydrogens is 428 g/mol. The molecule has 7 nitrogen and oxygen atoms in total. The van der Waals surface area contributed by atoms with Crippen molar-refractivity contribution in [1.82, 2.24) is 14.7 Å². The molecule has 3 rings (SSSR count). The summed E-state index contributed by atoms with van der Waals surface area (Å²) >= 11 is 0. The highest BCUT2D eigenvalue weighted by atomic mass is 16.5. The van der Waals surface area contributed by atoms with Crippen molar-refractivity contribution in [1.29, 1.82) is 5.26 Å². The fourth-order valence-corrected chi connectivity index (χ4v) is 5.97. The molecule has 0 N–H and O–H groups in total. The van der Waals surface area contributed by atoms with Crippen molar-refractivity contribution in [2.75, 3.05) is 46.4 Å². The van der Waals surface area contributed by atoms with Crippen LogP contribution < -0.4 is 0 Å². The smallest absolute Gasteiger partial charge is 0.227 e. The van der Waals surface area contributed by atoms with Crippen LogP contribution in [0.5, 0.6) is 0 Å². The molecule has 1 aliphatic carbocycles. The molecule has 0 aromatic carbocycles. The van der Waals surface area contributed by atoms with E-state index in [0.29, 0.717) is 45.3 Å². The summed E-state index contributed by atoms with van der Waals surface area (Å²) < 4.78 is 5.39. The number of rotatable bonds is 11. The number of nitrogens with zero attached hydrogens (tertiary/aromatic N) is 4. The monoisotopic (exact) mass is 474 g/mol. The summed E-state index contributed by atoms with van der Waals surface area (Å²) in [6, 6.07) is 3.08. The summed E-state index contributed by atoms with van der Waals surface area (Å²) in [6.07, 6.45) is 13.5. The zero-order valence-corrected chi connectivity index (χ0v) is 21.6. The van der Waals surface area contributed by atoms with Crippen LogP contribution in [0.1, 0.15) is 90.4 Å². The zero-order chi connectivity index (χ0) is 24.4. The highest BCUT2D eigenvalue weighted by Crippen LogP contribution is 2.34. The molecule has 0 aromatic rings. The zero-order valence-electron chi connectivity index (χ0n) is 21.6. The molecule has 2 atom stereocenters. The lowest BCUT2D eigenvalue weighted by Crippen LogP contribution is -2.53. The number of nitriles is 1. The van der Waals surface area contributed by atoms with Gasteiger partial charge in [-0.3, -0.25) is 14.5 Å². The SMILES string of the molecule is CCCCCCCC(CC(=O)N1CCOCC1)C(=O)N(C)C1(C#N)CCN(C2CCCCC2)C1. The number of likely N-dealkylation sites (N-methyl/N-ethyl adjacent to an activating group) is 1. The molecule has 3 fully saturated rings. The molecule has 2 aliphatic heterocycles. The summed E-state index contributed by atoms with van der Waals surface area (Å²) in [6.45, 7) is 6.05. The van der Waals surface area contributed by atoms with Gasteiger partial charge in [0.1, 0.15) is 5.54 Å². The maximum absolute atomic E-state index is 13.8. The lowest BCUT2D eigenvalue weighted by Gasteiger charge is -2.37. The Morgan fingerprint density at radius 3 is 2.47 bits per heavy atom. The molecule has 0 spiro atoms. The van der Waals surface area contributed by atoms with Gasteiger partial charge in [-0.15, -0.1) is 0 Å². The predicted octanol–water partition coefficient (Wildman–Crippen LogP) is 3.97. The van der Waals surface area contributed by atoms with E-state index in [1.165, 1.54) is 51.4 Å². The van der Waals surface area contributed by atoms with E-state index in [9.17, 15) is 14.9 Å². The summed E-state index contributed by atoms with van der Waals surface area (Å²) in [4.78, 5) is 32.8. The van der Waals surface area contributed by atoms with Crippen molar-refractivity contribution in [2.24, 2.45) is 5.92 Å². The maximum atomic E-state index is 13.8. The Hall–Kier alpha value is -1.65. The third-order valence-electron chi connectivity index (χ3n) is 8.34. The maximum Gasteiger partial charge on any atom is 0.227 e. The summed E-state index contributed by atoms with van der Waals surface area (Å²) in [5.41, 5.74) is -0.781. The molecule has 2 unspecified atom stereocenters. The van der Waals surface area contributed by atoms with Crippen molar-refractivity contribution < 1.29 is 14.3 Å². The average molecular weight is 475 g/mol. The number of morpholine rings is 1. The fourth-order valence-electron chi connectivity index (χ4n) is 5.97. The van der Waals surface area contributed by atoms with Gasteiger partial charge in [-0.05, 0) is 25.7 Å². The minimum atomic E-state index is -0.781. The first-order valence-electron chi connectivity index (χ1n) is 13.8. The molecule has 2 amide bonds. The number of ether oxygens (including phenoxy) is 1. The quantitative estimate of drug-likeness (QED) is 0.424. The van der Waals surface area contributed by atoms with E-state index >= 15 is 0 Å². The number of hydrogen-bond acceptors (Lipinski definition) is 5. The van der Waals surface area contributed by atoms with E-state index in [-0.39, 0.29) is 24.2 Å². The van der Waals surface area contributed by atoms with E-state index < -0.39 is 5.54 Å². The van der Waals surface area contributed by atoms with Crippen LogP contribution in [0.2, 0.25) is 0 Å². The van der Waals surface area contributed by atoms with Gasteiger partial charge in [0.05, 0.1) is 19.3 Å². The van der Waals surface area contributed by atoms with Gasteiger partial charge in [-0.25, -0.2) is 0 Å². The van der Waals surface area contributed by atoms with Gasteiger partial charge >= 0.3 is 0 Å².